The van der Waals surface area contributed by atoms with Gasteiger partial charge in [0.05, 0.1) is 0 Å². The summed E-state index contributed by atoms with van der Waals surface area (Å²) < 4.78 is 0. The summed E-state index contributed by atoms with van der Waals surface area (Å²) in [4.78, 5) is 10.0. The zero-order valence-corrected chi connectivity index (χ0v) is 6.55. The van der Waals surface area contributed by atoms with Gasteiger partial charge in [-0.25, -0.2) is 0 Å². The Morgan fingerprint density at radius 2 is 1.89 bits per heavy atom. The van der Waals surface area contributed by atoms with Crippen LogP contribution in [0.3, 0.4) is 0 Å². The Morgan fingerprint density at radius 3 is 1.89 bits per heavy atom. The molecule has 0 aromatic carbocycles. The van der Waals surface area contributed by atoms with Gasteiger partial charge in [0.2, 0.25) is 0 Å². The van der Waals surface area contributed by atoms with Gasteiger partial charge in [0, 0.05) is 17.1 Å². The van der Waals surface area contributed by atoms with Crippen LogP contribution < -0.4 is 5.73 Å². The number of carboxylic acid groups (broad SMARTS) is 1. The summed E-state index contributed by atoms with van der Waals surface area (Å²) in [5.41, 5.74) is 5.16. The van der Waals surface area contributed by atoms with Gasteiger partial charge in [-0.1, -0.05) is 13.8 Å². The Morgan fingerprint density at radius 1 is 1.56 bits per heavy atom. The van der Waals surface area contributed by atoms with E-state index < -0.39 is 12.0 Å². The van der Waals surface area contributed by atoms with Gasteiger partial charge in [-0.3, -0.25) is 4.79 Å². The second-order valence-electron chi connectivity index (χ2n) is 2.11. The van der Waals surface area contributed by atoms with Crippen LogP contribution in [0.1, 0.15) is 13.8 Å². The fourth-order valence-corrected chi connectivity index (χ4v) is 0.285. The van der Waals surface area contributed by atoms with Crippen LogP contribution in [0, 0.1) is 5.92 Å². The molecule has 0 aromatic rings. The fourth-order valence-electron chi connectivity index (χ4n) is 0.285. The van der Waals surface area contributed by atoms with Crippen molar-refractivity contribution in [3.8, 4) is 0 Å². The van der Waals surface area contributed by atoms with Crippen molar-refractivity contribution in [1.82, 2.24) is 0 Å². The van der Waals surface area contributed by atoms with Crippen LogP contribution in [0.15, 0.2) is 0 Å². The van der Waals surface area contributed by atoms with Crippen LogP contribution >= 0.6 is 0 Å². The molecule has 1 atom stereocenters. The van der Waals surface area contributed by atoms with E-state index in [1.807, 2.05) is 0 Å². The minimum Gasteiger partial charge on any atom is -0.480 e. The fraction of sp³-hybridized carbons (Fsp3) is 0.800. The Labute approximate surface area is 65.1 Å². The van der Waals surface area contributed by atoms with Gasteiger partial charge in [0.15, 0.2) is 0 Å². The molecule has 3 N–H and O–H groups in total. The molecule has 56 valence electrons. The molecule has 0 amide bonds. The molecule has 4 heteroatoms. The summed E-state index contributed by atoms with van der Waals surface area (Å²) in [7, 11) is 0. The number of hydrogen-bond donors (Lipinski definition) is 2. The molecule has 0 unspecified atom stereocenters. The molecule has 0 aliphatic heterocycles. The van der Waals surface area contributed by atoms with Crippen LogP contribution in [-0.2, 0) is 21.9 Å². The van der Waals surface area contributed by atoms with Gasteiger partial charge in [0.25, 0.3) is 0 Å². The third-order valence-electron chi connectivity index (χ3n) is 1.00. The molecule has 0 heterocycles. The Balaban J connectivity index is 0. The van der Waals surface area contributed by atoms with Gasteiger partial charge in [-0.05, 0) is 5.92 Å². The molecule has 0 fully saturated rings. The predicted octanol–water partition coefficient (Wildman–Crippen LogP) is 0.0518. The number of hydrogen-bond acceptors (Lipinski definition) is 2. The number of rotatable bonds is 2. The van der Waals surface area contributed by atoms with Crippen molar-refractivity contribution < 1.29 is 27.0 Å². The van der Waals surface area contributed by atoms with Crippen molar-refractivity contribution in [2.45, 2.75) is 19.9 Å². The molecular weight excluding hydrogens is 162 g/mol. The van der Waals surface area contributed by atoms with Crippen molar-refractivity contribution in [2.75, 3.05) is 0 Å². The molecule has 0 aliphatic carbocycles. The first-order valence-electron chi connectivity index (χ1n) is 2.54. The van der Waals surface area contributed by atoms with Crippen LogP contribution in [0.2, 0.25) is 0 Å². The summed E-state index contributed by atoms with van der Waals surface area (Å²) in [6, 6.07) is -0.713. The molecule has 0 saturated carbocycles. The summed E-state index contributed by atoms with van der Waals surface area (Å²) in [5.74, 6) is -0.910. The maximum absolute atomic E-state index is 10.0. The first-order chi connectivity index (χ1) is 3.55. The normalized spacial score (nSPS) is 12.4. The minimum absolute atomic E-state index is 0. The SMILES string of the molecule is CC(C)[C@H](N)C(=O)O.[Fe]. The first-order valence-corrected chi connectivity index (χ1v) is 2.54. The third kappa shape index (κ3) is 4.45. The molecule has 0 aromatic heterocycles. The van der Waals surface area contributed by atoms with E-state index in [0.29, 0.717) is 0 Å². The van der Waals surface area contributed by atoms with Gasteiger partial charge in [0.1, 0.15) is 6.04 Å². The van der Waals surface area contributed by atoms with Crippen molar-refractivity contribution in [1.29, 1.82) is 0 Å². The monoisotopic (exact) mass is 173 g/mol. The van der Waals surface area contributed by atoms with E-state index in [2.05, 4.69) is 0 Å². The van der Waals surface area contributed by atoms with E-state index >= 15 is 0 Å². The summed E-state index contributed by atoms with van der Waals surface area (Å²) in [5, 5.41) is 8.23. The molecule has 0 aliphatic rings. The zero-order chi connectivity index (χ0) is 6.73. The van der Waals surface area contributed by atoms with E-state index in [-0.39, 0.29) is 23.0 Å². The molecule has 0 saturated heterocycles. The standard InChI is InChI=1S/C5H11NO2.Fe/c1-3(2)4(6)5(7)8;/h3-4H,6H2,1-2H3,(H,7,8);/t4-;/m0./s1. The maximum atomic E-state index is 10.0. The topological polar surface area (TPSA) is 63.3 Å². The third-order valence-corrected chi connectivity index (χ3v) is 1.00. The Kier molecular flexibility index (Phi) is 6.24. The second-order valence-corrected chi connectivity index (χ2v) is 2.11. The second kappa shape index (κ2) is 4.79. The number of aliphatic carboxylic acids is 1. The molecule has 0 radical (unpaired) electrons. The molecule has 0 rings (SSSR count). The average molecular weight is 173 g/mol. The number of carbonyl (C=O) groups is 1. The van der Waals surface area contributed by atoms with Crippen molar-refractivity contribution in [3.63, 3.8) is 0 Å². The Hall–Kier alpha value is -0.0505. The van der Waals surface area contributed by atoms with Crippen LogP contribution in [-0.4, -0.2) is 17.1 Å². The van der Waals surface area contributed by atoms with E-state index in [0.717, 1.165) is 0 Å². The van der Waals surface area contributed by atoms with Gasteiger partial charge < -0.3 is 10.8 Å². The van der Waals surface area contributed by atoms with Crippen LogP contribution in [0.4, 0.5) is 0 Å². The van der Waals surface area contributed by atoms with E-state index in [4.69, 9.17) is 10.8 Å². The van der Waals surface area contributed by atoms with Crippen LogP contribution in [0.5, 0.6) is 0 Å². The minimum atomic E-state index is -0.931. The van der Waals surface area contributed by atoms with E-state index in [1.165, 1.54) is 0 Å². The average Bonchev–Trinajstić information content (AvgIpc) is 1.64. The molecule has 0 bridgehead atoms. The van der Waals surface area contributed by atoms with E-state index in [9.17, 15) is 4.79 Å². The maximum Gasteiger partial charge on any atom is 0.320 e. The first kappa shape index (κ1) is 11.7. The van der Waals surface area contributed by atoms with E-state index in [1.54, 1.807) is 13.8 Å². The number of nitrogens with two attached hydrogens (primary N) is 1. The summed E-state index contributed by atoms with van der Waals surface area (Å²) >= 11 is 0. The summed E-state index contributed by atoms with van der Waals surface area (Å²) in [6.45, 7) is 3.55. The zero-order valence-electron chi connectivity index (χ0n) is 5.44. The van der Waals surface area contributed by atoms with Gasteiger partial charge in [-0.15, -0.1) is 0 Å². The quantitative estimate of drug-likeness (QED) is 0.580. The molecule has 3 nitrogen and oxygen atoms in total. The van der Waals surface area contributed by atoms with Gasteiger partial charge >= 0.3 is 5.97 Å². The summed E-state index contributed by atoms with van der Waals surface area (Å²) in [6.07, 6.45) is 0. The largest absolute Gasteiger partial charge is 0.480 e. The van der Waals surface area contributed by atoms with Crippen LogP contribution in [0.25, 0.3) is 0 Å². The molecule has 0 spiro atoms. The molecular formula is C5H11FeNO2. The van der Waals surface area contributed by atoms with Crippen molar-refractivity contribution in [3.05, 3.63) is 0 Å². The predicted molar refractivity (Wildman–Crippen MR) is 30.4 cm³/mol. The Bertz CT molecular complexity index is 95.0. The smallest absolute Gasteiger partial charge is 0.320 e. The number of carboxylic acids is 1. The van der Waals surface area contributed by atoms with Gasteiger partial charge in [-0.2, -0.15) is 0 Å². The van der Waals surface area contributed by atoms with Crippen molar-refractivity contribution in [2.24, 2.45) is 11.7 Å². The van der Waals surface area contributed by atoms with Crippen molar-refractivity contribution >= 4 is 5.97 Å². The molecule has 9 heavy (non-hydrogen) atoms.